The molecule has 2 aromatic rings. The fourth-order valence-corrected chi connectivity index (χ4v) is 2.37. The second-order valence-corrected chi connectivity index (χ2v) is 5.17. The number of thioether (sulfide) groups is 1. The fraction of sp³-hybridized carbons (Fsp3) is 0.364. The number of rotatable bonds is 6. The fourth-order valence-electron chi connectivity index (χ4n) is 1.42. The first-order valence-electron chi connectivity index (χ1n) is 5.56. The van der Waals surface area contributed by atoms with Crippen molar-refractivity contribution in [3.63, 3.8) is 0 Å². The summed E-state index contributed by atoms with van der Waals surface area (Å²) in [6, 6.07) is 7.85. The monoisotopic (exact) mass is 319 g/mol. The Morgan fingerprint density at radius 1 is 1.37 bits per heavy atom. The molecule has 19 heavy (non-hydrogen) atoms. The van der Waals surface area contributed by atoms with Crippen LogP contribution in [0.15, 0.2) is 29.4 Å². The van der Waals surface area contributed by atoms with Gasteiger partial charge in [0.15, 0.2) is 0 Å². The first-order chi connectivity index (χ1) is 8.77. The third-order valence-electron chi connectivity index (χ3n) is 2.36. The Labute approximate surface area is 127 Å². The number of nitrogens with one attached hydrogen (secondary N) is 1. The number of tetrazole rings is 1. The highest BCUT2D eigenvalue weighted by molar-refractivity contribution is 7.99. The van der Waals surface area contributed by atoms with E-state index in [0.29, 0.717) is 0 Å². The van der Waals surface area contributed by atoms with Gasteiger partial charge >= 0.3 is 0 Å². The van der Waals surface area contributed by atoms with Crippen LogP contribution in [0.1, 0.15) is 5.56 Å². The minimum absolute atomic E-state index is 0. The molecular weight excluding hydrogens is 305 g/mol. The molecule has 0 spiro atoms. The van der Waals surface area contributed by atoms with E-state index in [1.54, 1.807) is 16.4 Å². The molecule has 0 unspecified atom stereocenters. The third kappa shape index (κ3) is 4.99. The van der Waals surface area contributed by atoms with Crippen LogP contribution in [0.4, 0.5) is 0 Å². The van der Waals surface area contributed by atoms with Crippen LogP contribution in [-0.2, 0) is 13.6 Å². The van der Waals surface area contributed by atoms with E-state index < -0.39 is 0 Å². The van der Waals surface area contributed by atoms with E-state index in [1.807, 2.05) is 31.3 Å². The summed E-state index contributed by atoms with van der Waals surface area (Å²) in [6.45, 7) is 1.65. The Kier molecular flexibility index (Phi) is 7.15. The zero-order valence-corrected chi connectivity index (χ0v) is 12.8. The van der Waals surface area contributed by atoms with Gasteiger partial charge in [-0.3, -0.25) is 0 Å². The van der Waals surface area contributed by atoms with Gasteiger partial charge in [-0.05, 0) is 22.1 Å². The molecule has 0 radical (unpaired) electrons. The Morgan fingerprint density at radius 3 is 2.84 bits per heavy atom. The predicted molar refractivity (Wildman–Crippen MR) is 79.9 cm³/mol. The van der Waals surface area contributed by atoms with Gasteiger partial charge in [0.05, 0.1) is 0 Å². The van der Waals surface area contributed by atoms with Crippen LogP contribution in [0.3, 0.4) is 0 Å². The van der Waals surface area contributed by atoms with E-state index in [1.165, 1.54) is 0 Å². The van der Waals surface area contributed by atoms with Crippen molar-refractivity contribution in [2.45, 2.75) is 11.7 Å². The molecule has 0 aliphatic carbocycles. The van der Waals surface area contributed by atoms with Gasteiger partial charge in [0.2, 0.25) is 5.16 Å². The lowest BCUT2D eigenvalue weighted by Crippen LogP contribution is -2.17. The Balaban J connectivity index is 0.00000180. The zero-order valence-electron chi connectivity index (χ0n) is 10.4. The maximum atomic E-state index is 6.06. The molecule has 0 amide bonds. The molecule has 0 aliphatic heterocycles. The summed E-state index contributed by atoms with van der Waals surface area (Å²) in [4.78, 5) is 0. The second kappa shape index (κ2) is 8.37. The molecule has 104 valence electrons. The number of halogens is 2. The molecule has 0 bridgehead atoms. The number of benzene rings is 1. The summed E-state index contributed by atoms with van der Waals surface area (Å²) in [6.07, 6.45) is 0. The molecule has 0 aliphatic rings. The number of hydrogen-bond donors (Lipinski definition) is 1. The first-order valence-corrected chi connectivity index (χ1v) is 6.93. The standard InChI is InChI=1S/C11H14ClN5S.ClH/c1-17-11(14-15-16-17)18-7-6-13-8-9-4-2-3-5-10(9)12;/h2-5,13H,6-8H2,1H3;1H. The van der Waals surface area contributed by atoms with Crippen molar-refractivity contribution in [1.29, 1.82) is 0 Å². The maximum absolute atomic E-state index is 6.06. The van der Waals surface area contributed by atoms with Gasteiger partial charge in [0.25, 0.3) is 0 Å². The van der Waals surface area contributed by atoms with Gasteiger partial charge in [0, 0.05) is 30.9 Å². The number of aromatic nitrogens is 4. The van der Waals surface area contributed by atoms with Crippen molar-refractivity contribution in [3.05, 3.63) is 34.9 Å². The SMILES string of the molecule is Cl.Cn1nnnc1SCCNCc1ccccc1Cl. The number of hydrogen-bond acceptors (Lipinski definition) is 5. The summed E-state index contributed by atoms with van der Waals surface area (Å²) in [7, 11) is 1.83. The Bertz CT molecular complexity index is 505. The molecule has 1 aromatic carbocycles. The Hall–Kier alpha value is -0.820. The van der Waals surface area contributed by atoms with Crippen LogP contribution in [0, 0.1) is 0 Å². The maximum Gasteiger partial charge on any atom is 0.209 e. The molecule has 0 saturated carbocycles. The molecule has 1 N–H and O–H groups in total. The Morgan fingerprint density at radius 2 is 2.16 bits per heavy atom. The summed E-state index contributed by atoms with van der Waals surface area (Å²) in [5.74, 6) is 0.915. The second-order valence-electron chi connectivity index (χ2n) is 3.70. The topological polar surface area (TPSA) is 55.6 Å². The van der Waals surface area contributed by atoms with Crippen molar-refractivity contribution in [2.24, 2.45) is 7.05 Å². The van der Waals surface area contributed by atoms with Gasteiger partial charge in [-0.25, -0.2) is 4.68 Å². The van der Waals surface area contributed by atoms with Gasteiger partial charge < -0.3 is 5.32 Å². The average Bonchev–Trinajstić information content (AvgIpc) is 2.77. The van der Waals surface area contributed by atoms with E-state index in [9.17, 15) is 0 Å². The first kappa shape index (κ1) is 16.2. The molecule has 0 saturated heterocycles. The van der Waals surface area contributed by atoms with Crippen molar-refractivity contribution in [1.82, 2.24) is 25.5 Å². The highest BCUT2D eigenvalue weighted by atomic mass is 35.5. The number of aryl methyl sites for hydroxylation is 1. The van der Waals surface area contributed by atoms with E-state index in [4.69, 9.17) is 11.6 Å². The van der Waals surface area contributed by atoms with Crippen LogP contribution < -0.4 is 5.32 Å². The van der Waals surface area contributed by atoms with E-state index in [0.717, 1.165) is 34.6 Å². The highest BCUT2D eigenvalue weighted by Gasteiger charge is 2.02. The zero-order chi connectivity index (χ0) is 12.8. The van der Waals surface area contributed by atoms with E-state index in [-0.39, 0.29) is 12.4 Å². The number of nitrogens with zero attached hydrogens (tertiary/aromatic N) is 4. The normalized spacial score (nSPS) is 10.2. The summed E-state index contributed by atoms with van der Waals surface area (Å²) in [5, 5.41) is 16.2. The van der Waals surface area contributed by atoms with Gasteiger partial charge in [0.1, 0.15) is 0 Å². The molecular formula is C11H15Cl2N5S. The van der Waals surface area contributed by atoms with Crippen LogP contribution in [0.5, 0.6) is 0 Å². The molecule has 0 atom stereocenters. The van der Waals surface area contributed by atoms with Crippen molar-refractivity contribution in [2.75, 3.05) is 12.3 Å². The lowest BCUT2D eigenvalue weighted by Gasteiger charge is -2.05. The quantitative estimate of drug-likeness (QED) is 0.653. The third-order valence-corrected chi connectivity index (χ3v) is 3.75. The van der Waals surface area contributed by atoms with Crippen molar-refractivity contribution >= 4 is 35.8 Å². The minimum atomic E-state index is 0. The lowest BCUT2D eigenvalue weighted by molar-refractivity contribution is 0.663. The predicted octanol–water partition coefficient (Wildman–Crippen LogP) is 2.17. The van der Waals surface area contributed by atoms with Gasteiger partial charge in [-0.2, -0.15) is 0 Å². The smallest absolute Gasteiger partial charge is 0.209 e. The summed E-state index contributed by atoms with van der Waals surface area (Å²) < 4.78 is 1.67. The van der Waals surface area contributed by atoms with Crippen LogP contribution in [0.25, 0.3) is 0 Å². The van der Waals surface area contributed by atoms with Gasteiger partial charge in [-0.1, -0.05) is 41.6 Å². The molecule has 1 aromatic heterocycles. The molecule has 2 rings (SSSR count). The largest absolute Gasteiger partial charge is 0.312 e. The van der Waals surface area contributed by atoms with E-state index >= 15 is 0 Å². The van der Waals surface area contributed by atoms with E-state index in [2.05, 4.69) is 20.8 Å². The minimum Gasteiger partial charge on any atom is -0.312 e. The van der Waals surface area contributed by atoms with Crippen molar-refractivity contribution < 1.29 is 0 Å². The summed E-state index contributed by atoms with van der Waals surface area (Å²) >= 11 is 7.69. The van der Waals surface area contributed by atoms with Crippen LogP contribution in [0.2, 0.25) is 5.02 Å². The summed E-state index contributed by atoms with van der Waals surface area (Å²) in [5.41, 5.74) is 1.12. The molecule has 5 nitrogen and oxygen atoms in total. The lowest BCUT2D eigenvalue weighted by atomic mass is 10.2. The molecule has 0 fully saturated rings. The highest BCUT2D eigenvalue weighted by Crippen LogP contribution is 2.14. The van der Waals surface area contributed by atoms with Gasteiger partial charge in [-0.15, -0.1) is 17.5 Å². The molecule has 8 heteroatoms. The average molecular weight is 320 g/mol. The molecule has 1 heterocycles. The van der Waals surface area contributed by atoms with Crippen molar-refractivity contribution in [3.8, 4) is 0 Å². The van der Waals surface area contributed by atoms with Crippen LogP contribution >= 0.6 is 35.8 Å². The van der Waals surface area contributed by atoms with Crippen LogP contribution in [-0.4, -0.2) is 32.5 Å².